The highest BCUT2D eigenvalue weighted by molar-refractivity contribution is 5.90. The third-order valence-corrected chi connectivity index (χ3v) is 3.81. The monoisotopic (exact) mass is 296 g/mol. The lowest BCUT2D eigenvalue weighted by Crippen LogP contribution is -2.47. The van der Waals surface area contributed by atoms with Crippen LogP contribution in [-0.4, -0.2) is 76.6 Å². The number of aromatic nitrogens is 2. The molecule has 2 rings (SSSR count). The van der Waals surface area contributed by atoms with Crippen LogP contribution in [-0.2, 0) is 18.3 Å². The van der Waals surface area contributed by atoms with Crippen LogP contribution in [0.3, 0.4) is 0 Å². The number of ether oxygens (including phenoxy) is 1. The lowest BCUT2D eigenvalue weighted by molar-refractivity contribution is 0.0521. The van der Waals surface area contributed by atoms with Crippen molar-refractivity contribution in [2.45, 2.75) is 13.5 Å². The first-order chi connectivity index (χ1) is 10.2. The van der Waals surface area contributed by atoms with E-state index in [1.807, 2.05) is 7.05 Å². The van der Waals surface area contributed by atoms with E-state index >= 15 is 0 Å². The Morgan fingerprint density at radius 2 is 2.00 bits per heavy atom. The smallest absolute Gasteiger partial charge is 0.341 e. The number of rotatable bonds is 6. The second-order valence-electron chi connectivity index (χ2n) is 5.19. The van der Waals surface area contributed by atoms with Gasteiger partial charge in [0.2, 0.25) is 0 Å². The minimum atomic E-state index is -0.306. The number of nitrogens with zero attached hydrogens (tertiary/aromatic N) is 4. The third kappa shape index (κ3) is 4.03. The van der Waals surface area contributed by atoms with E-state index in [0.29, 0.717) is 18.7 Å². The molecule has 7 heteroatoms. The topological polar surface area (TPSA) is 70.8 Å². The quantitative estimate of drug-likeness (QED) is 0.727. The van der Waals surface area contributed by atoms with Gasteiger partial charge in [0.1, 0.15) is 5.56 Å². The standard InChI is InChI=1S/C14H24N4O3/c1-3-21-14(20)12-10-15-16(2)13(12)11-18-6-4-17(5-7-18)8-9-19/h10,19H,3-9,11H2,1-2H3. The van der Waals surface area contributed by atoms with Crippen molar-refractivity contribution < 1.29 is 14.6 Å². The van der Waals surface area contributed by atoms with Gasteiger partial charge in [-0.15, -0.1) is 0 Å². The van der Waals surface area contributed by atoms with Crippen LogP contribution >= 0.6 is 0 Å². The van der Waals surface area contributed by atoms with E-state index in [9.17, 15) is 4.79 Å². The summed E-state index contributed by atoms with van der Waals surface area (Å²) in [6.45, 7) is 7.52. The van der Waals surface area contributed by atoms with Gasteiger partial charge in [0, 0.05) is 46.3 Å². The highest BCUT2D eigenvalue weighted by Crippen LogP contribution is 2.14. The van der Waals surface area contributed by atoms with E-state index in [1.165, 1.54) is 0 Å². The van der Waals surface area contributed by atoms with E-state index < -0.39 is 0 Å². The molecular formula is C14H24N4O3. The first-order valence-corrected chi connectivity index (χ1v) is 7.39. The molecular weight excluding hydrogens is 272 g/mol. The number of aryl methyl sites for hydroxylation is 1. The lowest BCUT2D eigenvalue weighted by atomic mass is 10.2. The van der Waals surface area contributed by atoms with Crippen LogP contribution in [0.25, 0.3) is 0 Å². The van der Waals surface area contributed by atoms with Crippen LogP contribution in [0.1, 0.15) is 23.0 Å². The van der Waals surface area contributed by atoms with Gasteiger partial charge in [-0.1, -0.05) is 0 Å². The predicted molar refractivity (Wildman–Crippen MR) is 78.0 cm³/mol. The summed E-state index contributed by atoms with van der Waals surface area (Å²) in [5.74, 6) is -0.306. The zero-order chi connectivity index (χ0) is 15.2. The molecule has 2 heterocycles. The number of carbonyl (C=O) groups is 1. The average Bonchev–Trinajstić information content (AvgIpc) is 2.83. The number of aliphatic hydroxyl groups is 1. The van der Waals surface area contributed by atoms with Crippen molar-refractivity contribution in [2.75, 3.05) is 45.9 Å². The number of β-amino-alcohol motifs (C(OH)–C–C–N with tert-alkyl or cyclic N) is 1. The maximum Gasteiger partial charge on any atom is 0.341 e. The molecule has 1 aliphatic rings. The Hall–Kier alpha value is -1.44. The SMILES string of the molecule is CCOC(=O)c1cnn(C)c1CN1CCN(CCO)CC1. The fourth-order valence-electron chi connectivity index (χ4n) is 2.55. The molecule has 0 spiro atoms. The van der Waals surface area contributed by atoms with Crippen LogP contribution < -0.4 is 0 Å². The van der Waals surface area contributed by atoms with Gasteiger partial charge < -0.3 is 9.84 Å². The van der Waals surface area contributed by atoms with Gasteiger partial charge in [-0.2, -0.15) is 5.10 Å². The van der Waals surface area contributed by atoms with Gasteiger partial charge in [0.05, 0.1) is 25.1 Å². The minimum absolute atomic E-state index is 0.203. The molecule has 1 saturated heterocycles. The molecule has 1 aliphatic heterocycles. The van der Waals surface area contributed by atoms with Gasteiger partial charge in [-0.3, -0.25) is 14.5 Å². The summed E-state index contributed by atoms with van der Waals surface area (Å²) in [4.78, 5) is 16.5. The molecule has 118 valence electrons. The summed E-state index contributed by atoms with van der Waals surface area (Å²) >= 11 is 0. The van der Waals surface area contributed by atoms with E-state index in [0.717, 1.165) is 38.4 Å². The Kier molecular flexibility index (Phi) is 5.72. The van der Waals surface area contributed by atoms with E-state index in [1.54, 1.807) is 17.8 Å². The molecule has 0 atom stereocenters. The highest BCUT2D eigenvalue weighted by atomic mass is 16.5. The lowest BCUT2D eigenvalue weighted by Gasteiger charge is -2.34. The predicted octanol–water partition coefficient (Wildman–Crippen LogP) is -0.293. The fourth-order valence-corrected chi connectivity index (χ4v) is 2.55. The summed E-state index contributed by atoms with van der Waals surface area (Å²) in [5.41, 5.74) is 1.45. The van der Waals surface area contributed by atoms with Crippen LogP contribution in [0, 0.1) is 0 Å². The molecule has 1 N–H and O–H groups in total. The number of carbonyl (C=O) groups excluding carboxylic acids is 1. The van der Waals surface area contributed by atoms with Gasteiger partial charge in [-0.05, 0) is 6.92 Å². The zero-order valence-electron chi connectivity index (χ0n) is 12.8. The second-order valence-corrected chi connectivity index (χ2v) is 5.19. The second kappa shape index (κ2) is 7.53. The van der Waals surface area contributed by atoms with Crippen LogP contribution in [0.4, 0.5) is 0 Å². The summed E-state index contributed by atoms with van der Waals surface area (Å²) < 4.78 is 6.82. The Morgan fingerprint density at radius 1 is 1.33 bits per heavy atom. The largest absolute Gasteiger partial charge is 0.462 e. The van der Waals surface area contributed by atoms with Crippen molar-refractivity contribution in [3.05, 3.63) is 17.5 Å². The van der Waals surface area contributed by atoms with Crippen LogP contribution in [0.5, 0.6) is 0 Å². The number of aliphatic hydroxyl groups excluding tert-OH is 1. The molecule has 21 heavy (non-hydrogen) atoms. The molecule has 0 unspecified atom stereocenters. The van der Waals surface area contributed by atoms with Crippen molar-refractivity contribution in [1.82, 2.24) is 19.6 Å². The van der Waals surface area contributed by atoms with Crippen LogP contribution in [0.2, 0.25) is 0 Å². The number of esters is 1. The summed E-state index contributed by atoms with van der Waals surface area (Å²) in [6.07, 6.45) is 1.58. The van der Waals surface area contributed by atoms with Crippen molar-refractivity contribution >= 4 is 5.97 Å². The third-order valence-electron chi connectivity index (χ3n) is 3.81. The van der Waals surface area contributed by atoms with Gasteiger partial charge in [0.25, 0.3) is 0 Å². The number of piperazine rings is 1. The number of hydrogen-bond acceptors (Lipinski definition) is 6. The van der Waals surface area contributed by atoms with Gasteiger partial charge in [-0.25, -0.2) is 4.79 Å². The summed E-state index contributed by atoms with van der Waals surface area (Å²) in [5, 5.41) is 13.1. The van der Waals surface area contributed by atoms with Crippen LogP contribution in [0.15, 0.2) is 6.20 Å². The molecule has 1 aromatic rings. The Morgan fingerprint density at radius 3 is 2.62 bits per heavy atom. The van der Waals surface area contributed by atoms with Crippen molar-refractivity contribution in [2.24, 2.45) is 7.05 Å². The molecule has 1 fully saturated rings. The van der Waals surface area contributed by atoms with Gasteiger partial charge >= 0.3 is 5.97 Å². The fraction of sp³-hybridized carbons (Fsp3) is 0.714. The number of hydrogen-bond donors (Lipinski definition) is 1. The summed E-state index contributed by atoms with van der Waals surface area (Å²) in [6, 6.07) is 0. The Bertz CT molecular complexity index is 467. The molecule has 0 aliphatic carbocycles. The Labute approximate surface area is 125 Å². The van der Waals surface area contributed by atoms with Gasteiger partial charge in [0.15, 0.2) is 0 Å². The minimum Gasteiger partial charge on any atom is -0.462 e. The highest BCUT2D eigenvalue weighted by Gasteiger charge is 2.22. The first kappa shape index (κ1) is 15.9. The van der Waals surface area contributed by atoms with Crippen molar-refractivity contribution in [3.8, 4) is 0 Å². The maximum absolute atomic E-state index is 11.9. The zero-order valence-corrected chi connectivity index (χ0v) is 12.8. The molecule has 0 saturated carbocycles. The average molecular weight is 296 g/mol. The molecule has 1 aromatic heterocycles. The normalized spacial score (nSPS) is 17.1. The Balaban J connectivity index is 1.97. The van der Waals surface area contributed by atoms with Crippen molar-refractivity contribution in [1.29, 1.82) is 0 Å². The molecule has 0 bridgehead atoms. The molecule has 0 aromatic carbocycles. The first-order valence-electron chi connectivity index (χ1n) is 7.39. The molecule has 0 radical (unpaired) electrons. The summed E-state index contributed by atoms with van der Waals surface area (Å²) in [7, 11) is 1.85. The van der Waals surface area contributed by atoms with Crippen molar-refractivity contribution in [3.63, 3.8) is 0 Å². The van der Waals surface area contributed by atoms with E-state index in [4.69, 9.17) is 9.84 Å². The molecule has 0 amide bonds. The maximum atomic E-state index is 11.9. The molecule has 7 nitrogen and oxygen atoms in total. The van der Waals surface area contributed by atoms with E-state index in [-0.39, 0.29) is 12.6 Å². The van der Waals surface area contributed by atoms with E-state index in [2.05, 4.69) is 14.9 Å².